The fraction of sp³-hybridized carbons (Fsp3) is 0.529. The van der Waals surface area contributed by atoms with Crippen LogP contribution >= 0.6 is 0 Å². The number of hydrogen-bond acceptors (Lipinski definition) is 4. The van der Waals surface area contributed by atoms with E-state index >= 15 is 0 Å². The van der Waals surface area contributed by atoms with Crippen molar-refractivity contribution in [1.82, 2.24) is 10.1 Å². The van der Waals surface area contributed by atoms with Crippen molar-refractivity contribution < 1.29 is 4.52 Å². The smallest absolute Gasteiger partial charge is 0.231 e. The Bertz CT molecular complexity index is 576. The van der Waals surface area contributed by atoms with E-state index in [2.05, 4.69) is 17.1 Å². The van der Waals surface area contributed by atoms with Gasteiger partial charge >= 0.3 is 0 Å². The van der Waals surface area contributed by atoms with Gasteiger partial charge in [-0.25, -0.2) is 0 Å². The number of nitrogens with zero attached hydrogens (tertiary/aromatic N) is 2. The normalized spacial score (nSPS) is 22.3. The van der Waals surface area contributed by atoms with Crippen LogP contribution in [0.5, 0.6) is 0 Å². The molecule has 2 N–H and O–H groups in total. The minimum Gasteiger partial charge on any atom is -0.399 e. The molecule has 1 aromatic carbocycles. The van der Waals surface area contributed by atoms with Crippen LogP contribution < -0.4 is 5.73 Å². The molecule has 112 valence electrons. The summed E-state index contributed by atoms with van der Waals surface area (Å²) in [5.74, 6) is 2.91. The van der Waals surface area contributed by atoms with E-state index in [1.54, 1.807) is 0 Å². The average molecular weight is 285 g/mol. The van der Waals surface area contributed by atoms with E-state index in [9.17, 15) is 0 Å². The van der Waals surface area contributed by atoms with Crippen LogP contribution in [-0.2, 0) is 6.42 Å². The Balaban J connectivity index is 1.67. The zero-order chi connectivity index (χ0) is 14.7. The second kappa shape index (κ2) is 6.29. The fourth-order valence-electron chi connectivity index (χ4n) is 3.21. The standard InChI is InChI=1S/C17H23N3O/c1-2-12-4-3-5-14(10-12)17-19-16(21-20-17)11-13-6-8-15(18)9-7-13/h6-9,12,14H,2-5,10-11,18H2,1H3. The van der Waals surface area contributed by atoms with Gasteiger partial charge in [-0.3, -0.25) is 0 Å². The molecule has 4 nitrogen and oxygen atoms in total. The van der Waals surface area contributed by atoms with Crippen LogP contribution in [0.15, 0.2) is 28.8 Å². The maximum absolute atomic E-state index is 5.70. The first-order chi connectivity index (χ1) is 10.2. The highest BCUT2D eigenvalue weighted by Gasteiger charge is 2.25. The summed E-state index contributed by atoms with van der Waals surface area (Å²) in [6, 6.07) is 7.82. The van der Waals surface area contributed by atoms with Gasteiger partial charge in [-0.15, -0.1) is 0 Å². The molecule has 1 aliphatic carbocycles. The van der Waals surface area contributed by atoms with E-state index in [-0.39, 0.29) is 0 Å². The Morgan fingerprint density at radius 2 is 2.05 bits per heavy atom. The quantitative estimate of drug-likeness (QED) is 0.864. The van der Waals surface area contributed by atoms with Crippen molar-refractivity contribution in [2.24, 2.45) is 5.92 Å². The lowest BCUT2D eigenvalue weighted by atomic mass is 9.80. The minimum atomic E-state index is 0.479. The van der Waals surface area contributed by atoms with E-state index in [0.29, 0.717) is 18.2 Å². The number of nitrogens with two attached hydrogens (primary N) is 1. The number of nitrogen functional groups attached to an aromatic ring is 1. The largest absolute Gasteiger partial charge is 0.399 e. The Morgan fingerprint density at radius 1 is 1.24 bits per heavy atom. The topological polar surface area (TPSA) is 64.9 Å². The molecule has 1 aliphatic rings. The molecule has 3 rings (SSSR count). The molecular formula is C17H23N3O. The molecule has 1 fully saturated rings. The number of hydrogen-bond donors (Lipinski definition) is 1. The molecule has 1 heterocycles. The molecule has 0 radical (unpaired) electrons. The molecule has 1 saturated carbocycles. The van der Waals surface area contributed by atoms with Gasteiger partial charge < -0.3 is 10.3 Å². The lowest BCUT2D eigenvalue weighted by Crippen LogP contribution is -2.14. The van der Waals surface area contributed by atoms with Gasteiger partial charge in [-0.1, -0.05) is 43.5 Å². The molecule has 2 aromatic rings. The molecule has 0 aliphatic heterocycles. The van der Waals surface area contributed by atoms with E-state index in [4.69, 9.17) is 10.3 Å². The van der Waals surface area contributed by atoms with Gasteiger partial charge in [0, 0.05) is 11.6 Å². The average Bonchev–Trinajstić information content (AvgIpc) is 2.98. The summed E-state index contributed by atoms with van der Waals surface area (Å²) < 4.78 is 5.43. The minimum absolute atomic E-state index is 0.479. The lowest BCUT2D eigenvalue weighted by molar-refractivity contribution is 0.298. The first-order valence-electron chi connectivity index (χ1n) is 7.91. The zero-order valence-electron chi connectivity index (χ0n) is 12.6. The van der Waals surface area contributed by atoms with Crippen LogP contribution in [0.4, 0.5) is 5.69 Å². The van der Waals surface area contributed by atoms with Crippen molar-refractivity contribution in [2.45, 2.75) is 51.4 Å². The van der Waals surface area contributed by atoms with Crippen LogP contribution in [-0.4, -0.2) is 10.1 Å². The van der Waals surface area contributed by atoms with Crippen molar-refractivity contribution in [2.75, 3.05) is 5.73 Å². The number of benzene rings is 1. The highest BCUT2D eigenvalue weighted by atomic mass is 16.5. The number of aromatic nitrogens is 2. The van der Waals surface area contributed by atoms with Crippen LogP contribution in [0, 0.1) is 5.92 Å². The molecule has 1 aromatic heterocycles. The van der Waals surface area contributed by atoms with Gasteiger partial charge in [0.05, 0.1) is 6.42 Å². The summed E-state index contributed by atoms with van der Waals surface area (Å²) in [4.78, 5) is 4.61. The molecule has 0 bridgehead atoms. The number of rotatable bonds is 4. The summed E-state index contributed by atoms with van der Waals surface area (Å²) in [6.45, 7) is 2.27. The zero-order valence-corrected chi connectivity index (χ0v) is 12.6. The highest BCUT2D eigenvalue weighted by Crippen LogP contribution is 2.36. The molecule has 21 heavy (non-hydrogen) atoms. The Labute approximate surface area is 125 Å². The van der Waals surface area contributed by atoms with Crippen molar-refractivity contribution >= 4 is 5.69 Å². The van der Waals surface area contributed by atoms with Crippen molar-refractivity contribution in [3.63, 3.8) is 0 Å². The summed E-state index contributed by atoms with van der Waals surface area (Å²) in [5, 5.41) is 4.21. The maximum atomic E-state index is 5.70. The molecule has 0 spiro atoms. The van der Waals surface area contributed by atoms with Crippen LogP contribution in [0.2, 0.25) is 0 Å². The molecule has 2 atom stereocenters. The molecule has 0 amide bonds. The summed E-state index contributed by atoms with van der Waals surface area (Å²) >= 11 is 0. The predicted molar refractivity (Wildman–Crippen MR) is 82.9 cm³/mol. The third-order valence-corrected chi connectivity index (χ3v) is 4.54. The number of anilines is 1. The first-order valence-corrected chi connectivity index (χ1v) is 7.91. The van der Waals surface area contributed by atoms with Crippen molar-refractivity contribution in [3.05, 3.63) is 41.5 Å². The molecular weight excluding hydrogens is 262 g/mol. The summed E-state index contributed by atoms with van der Waals surface area (Å²) in [6.07, 6.45) is 6.96. The van der Waals surface area contributed by atoms with Gasteiger partial charge in [-0.2, -0.15) is 4.98 Å². The maximum Gasteiger partial charge on any atom is 0.231 e. The predicted octanol–water partition coefficient (Wildman–Crippen LogP) is 3.93. The van der Waals surface area contributed by atoms with E-state index < -0.39 is 0 Å². The van der Waals surface area contributed by atoms with Gasteiger partial charge in [0.2, 0.25) is 5.89 Å². The lowest BCUT2D eigenvalue weighted by Gasteiger charge is -2.26. The van der Waals surface area contributed by atoms with E-state index in [1.807, 2.05) is 24.3 Å². The molecule has 4 heteroatoms. The second-order valence-electron chi connectivity index (χ2n) is 6.10. The van der Waals surface area contributed by atoms with Crippen molar-refractivity contribution in [3.8, 4) is 0 Å². The van der Waals surface area contributed by atoms with Gasteiger partial charge in [-0.05, 0) is 36.5 Å². The van der Waals surface area contributed by atoms with E-state index in [0.717, 1.165) is 23.0 Å². The monoisotopic (exact) mass is 285 g/mol. The SMILES string of the molecule is CCC1CCCC(c2noc(Cc3ccc(N)cc3)n2)C1. The molecule has 2 unspecified atom stereocenters. The Morgan fingerprint density at radius 3 is 2.81 bits per heavy atom. The molecule has 0 saturated heterocycles. The van der Waals surface area contributed by atoms with Gasteiger partial charge in [0.1, 0.15) is 0 Å². The summed E-state index contributed by atoms with van der Waals surface area (Å²) in [7, 11) is 0. The van der Waals surface area contributed by atoms with Crippen molar-refractivity contribution in [1.29, 1.82) is 0 Å². The Hall–Kier alpha value is -1.84. The highest BCUT2D eigenvalue weighted by molar-refractivity contribution is 5.39. The van der Waals surface area contributed by atoms with Crippen LogP contribution in [0.25, 0.3) is 0 Å². The van der Waals surface area contributed by atoms with Crippen LogP contribution in [0.1, 0.15) is 62.2 Å². The third kappa shape index (κ3) is 3.43. The Kier molecular flexibility index (Phi) is 4.23. The van der Waals surface area contributed by atoms with Crippen LogP contribution in [0.3, 0.4) is 0 Å². The van der Waals surface area contributed by atoms with E-state index in [1.165, 1.54) is 32.1 Å². The first kappa shape index (κ1) is 14.1. The van der Waals surface area contributed by atoms with Gasteiger partial charge in [0.15, 0.2) is 5.82 Å². The second-order valence-corrected chi connectivity index (χ2v) is 6.10. The fourth-order valence-corrected chi connectivity index (χ4v) is 3.21. The summed E-state index contributed by atoms with van der Waals surface area (Å²) in [5.41, 5.74) is 7.62. The van der Waals surface area contributed by atoms with Gasteiger partial charge in [0.25, 0.3) is 0 Å². The third-order valence-electron chi connectivity index (χ3n) is 4.54.